The molecule has 2 aliphatic heterocycles. The Balaban J connectivity index is 1.34. The number of fused-ring (bicyclic) bond motifs is 1. The van der Waals surface area contributed by atoms with Crippen molar-refractivity contribution in [1.82, 2.24) is 14.5 Å². The SMILES string of the molecule is CC1(CN2CCC(c3ccc(OC(F)(F)F)cc3)CC2N)Cn2cc([N+](=O)[O-])nc2O1. The molecule has 0 amide bonds. The van der Waals surface area contributed by atoms with Crippen LogP contribution < -0.4 is 15.2 Å². The summed E-state index contributed by atoms with van der Waals surface area (Å²) >= 11 is 0. The fourth-order valence-electron chi connectivity index (χ4n) is 4.28. The van der Waals surface area contributed by atoms with Gasteiger partial charge in [-0.25, -0.2) is 0 Å². The Kier molecular flexibility index (Phi) is 5.30. The van der Waals surface area contributed by atoms with Crippen molar-refractivity contribution in [2.75, 3.05) is 13.1 Å². The molecule has 0 radical (unpaired) electrons. The number of alkyl halides is 3. The molecule has 1 fully saturated rings. The topological polar surface area (TPSA) is 109 Å². The van der Waals surface area contributed by atoms with Crippen molar-refractivity contribution in [2.24, 2.45) is 5.73 Å². The van der Waals surface area contributed by atoms with Crippen LogP contribution in [-0.2, 0) is 6.54 Å². The maximum Gasteiger partial charge on any atom is 0.573 e. The van der Waals surface area contributed by atoms with Gasteiger partial charge in [-0.1, -0.05) is 12.1 Å². The third-order valence-corrected chi connectivity index (χ3v) is 5.64. The van der Waals surface area contributed by atoms with E-state index in [1.54, 1.807) is 16.7 Å². The van der Waals surface area contributed by atoms with Gasteiger partial charge in [0.25, 0.3) is 0 Å². The summed E-state index contributed by atoms with van der Waals surface area (Å²) < 4.78 is 48.4. The van der Waals surface area contributed by atoms with Crippen LogP contribution in [0.3, 0.4) is 0 Å². The maximum atomic E-state index is 12.3. The Morgan fingerprint density at radius 1 is 1.39 bits per heavy atom. The Hall–Kier alpha value is -2.86. The molecule has 0 bridgehead atoms. The lowest BCUT2D eigenvalue weighted by Gasteiger charge is -2.40. The van der Waals surface area contributed by atoms with Gasteiger partial charge in [-0.2, -0.15) is 0 Å². The van der Waals surface area contributed by atoms with E-state index in [2.05, 4.69) is 14.6 Å². The van der Waals surface area contributed by atoms with Crippen LogP contribution in [0.2, 0.25) is 0 Å². The smallest absolute Gasteiger partial charge is 0.436 e. The van der Waals surface area contributed by atoms with Crippen LogP contribution in [0.1, 0.15) is 31.2 Å². The summed E-state index contributed by atoms with van der Waals surface area (Å²) in [6.07, 6.45) is -2.17. The highest BCUT2D eigenvalue weighted by Gasteiger charge is 2.43. The lowest BCUT2D eigenvalue weighted by Crippen LogP contribution is -2.54. The summed E-state index contributed by atoms with van der Waals surface area (Å²) in [4.78, 5) is 16.3. The zero-order valence-corrected chi connectivity index (χ0v) is 16.7. The zero-order valence-electron chi connectivity index (χ0n) is 16.7. The minimum absolute atomic E-state index is 0.126. The summed E-state index contributed by atoms with van der Waals surface area (Å²) in [6, 6.07) is 6.13. The molecule has 9 nitrogen and oxygen atoms in total. The van der Waals surface area contributed by atoms with E-state index >= 15 is 0 Å². The van der Waals surface area contributed by atoms with Crippen LogP contribution >= 0.6 is 0 Å². The summed E-state index contributed by atoms with van der Waals surface area (Å²) in [5, 5.41) is 10.8. The van der Waals surface area contributed by atoms with Crippen LogP contribution in [0.4, 0.5) is 19.0 Å². The lowest BCUT2D eigenvalue weighted by molar-refractivity contribution is -0.389. The third-order valence-electron chi connectivity index (χ3n) is 5.64. The second-order valence-electron chi connectivity index (χ2n) is 8.19. The fraction of sp³-hybridized carbons (Fsp3) is 0.526. The van der Waals surface area contributed by atoms with Gasteiger partial charge in [0.1, 0.15) is 17.5 Å². The van der Waals surface area contributed by atoms with Crippen molar-refractivity contribution in [1.29, 1.82) is 0 Å². The van der Waals surface area contributed by atoms with Gasteiger partial charge in [0.05, 0.1) is 12.7 Å². The average molecular weight is 441 g/mol. The van der Waals surface area contributed by atoms with E-state index < -0.39 is 16.9 Å². The molecule has 1 aromatic heterocycles. The number of hydrogen-bond donors (Lipinski definition) is 1. The van der Waals surface area contributed by atoms with Crippen molar-refractivity contribution in [3.05, 3.63) is 46.1 Å². The summed E-state index contributed by atoms with van der Waals surface area (Å²) in [5.41, 5.74) is 6.69. The molecule has 31 heavy (non-hydrogen) atoms. The van der Waals surface area contributed by atoms with E-state index in [9.17, 15) is 23.3 Å². The molecule has 1 saturated heterocycles. The van der Waals surface area contributed by atoms with E-state index in [1.165, 1.54) is 18.3 Å². The van der Waals surface area contributed by atoms with Gasteiger partial charge in [0.2, 0.25) is 0 Å². The highest BCUT2D eigenvalue weighted by atomic mass is 19.4. The highest BCUT2D eigenvalue weighted by Crippen LogP contribution is 2.35. The number of piperidine rings is 1. The van der Waals surface area contributed by atoms with Crippen molar-refractivity contribution in [3.8, 4) is 11.8 Å². The highest BCUT2D eigenvalue weighted by molar-refractivity contribution is 5.30. The second kappa shape index (κ2) is 7.68. The summed E-state index contributed by atoms with van der Waals surface area (Å²) in [5.74, 6) is -0.371. The van der Waals surface area contributed by atoms with E-state index in [4.69, 9.17) is 10.5 Å². The standard InChI is InChI=1S/C19H22F3N5O4/c1-18(11-26-9-16(27(28)29)24-17(26)31-18)10-25-7-6-13(8-15(25)23)12-2-4-14(5-3-12)30-19(20,21)22/h2-5,9,13,15H,6-8,10-11,23H2,1H3. The van der Waals surface area contributed by atoms with Crippen LogP contribution in [0, 0.1) is 10.1 Å². The van der Waals surface area contributed by atoms with Crippen molar-refractivity contribution < 1.29 is 27.6 Å². The molecule has 0 saturated carbocycles. The van der Waals surface area contributed by atoms with Gasteiger partial charge in [-0.15, -0.1) is 13.2 Å². The number of nitrogens with two attached hydrogens (primary N) is 1. The van der Waals surface area contributed by atoms with Gasteiger partial charge in [-0.05, 0) is 48.3 Å². The molecule has 4 rings (SSSR count). The predicted octanol–water partition coefficient (Wildman–Crippen LogP) is 3.01. The Morgan fingerprint density at radius 2 is 2.10 bits per heavy atom. The van der Waals surface area contributed by atoms with E-state index in [1.807, 2.05) is 6.92 Å². The van der Waals surface area contributed by atoms with Crippen LogP contribution in [0.15, 0.2) is 30.5 Å². The maximum absolute atomic E-state index is 12.3. The fourth-order valence-corrected chi connectivity index (χ4v) is 4.28. The van der Waals surface area contributed by atoms with Crippen LogP contribution in [-0.4, -0.2) is 50.6 Å². The first-order valence-corrected chi connectivity index (χ1v) is 9.77. The number of nitro groups is 1. The molecule has 1 aromatic carbocycles. The predicted molar refractivity (Wildman–Crippen MR) is 103 cm³/mol. The number of rotatable bonds is 5. The zero-order chi connectivity index (χ0) is 22.4. The molecule has 2 N–H and O–H groups in total. The molecule has 3 atom stereocenters. The number of hydrogen-bond acceptors (Lipinski definition) is 7. The van der Waals surface area contributed by atoms with Crippen molar-refractivity contribution in [3.63, 3.8) is 0 Å². The van der Waals surface area contributed by atoms with Gasteiger partial charge in [0, 0.05) is 18.1 Å². The third kappa shape index (κ3) is 4.74. The number of aromatic nitrogens is 2. The molecule has 2 aromatic rings. The Labute approximate surface area is 175 Å². The van der Waals surface area contributed by atoms with Crippen LogP contribution in [0.25, 0.3) is 0 Å². The number of nitrogens with zero attached hydrogens (tertiary/aromatic N) is 4. The number of imidazole rings is 1. The molecule has 12 heteroatoms. The minimum atomic E-state index is -4.71. The summed E-state index contributed by atoms with van der Waals surface area (Å²) in [7, 11) is 0. The Morgan fingerprint density at radius 3 is 2.68 bits per heavy atom. The number of halogens is 3. The molecule has 3 unspecified atom stereocenters. The first-order chi connectivity index (χ1) is 14.5. The van der Waals surface area contributed by atoms with Crippen LogP contribution in [0.5, 0.6) is 11.8 Å². The van der Waals surface area contributed by atoms with Crippen molar-refractivity contribution in [2.45, 2.75) is 50.4 Å². The van der Waals surface area contributed by atoms with Gasteiger partial charge >= 0.3 is 18.2 Å². The van der Waals surface area contributed by atoms with Gasteiger partial charge < -0.3 is 25.3 Å². The van der Waals surface area contributed by atoms with E-state index in [-0.39, 0.29) is 29.7 Å². The molecule has 0 aliphatic carbocycles. The minimum Gasteiger partial charge on any atom is -0.436 e. The number of ether oxygens (including phenoxy) is 2. The number of likely N-dealkylation sites (tertiary alicyclic amines) is 1. The first-order valence-electron chi connectivity index (χ1n) is 9.77. The first kappa shape index (κ1) is 21.4. The lowest BCUT2D eigenvalue weighted by atomic mass is 9.87. The monoisotopic (exact) mass is 441 g/mol. The second-order valence-corrected chi connectivity index (χ2v) is 8.19. The largest absolute Gasteiger partial charge is 0.573 e. The van der Waals surface area contributed by atoms with Gasteiger partial charge in [-0.3, -0.25) is 9.47 Å². The normalized spacial score (nSPS) is 26.4. The molecule has 2 aliphatic rings. The molecular weight excluding hydrogens is 419 g/mol. The van der Waals surface area contributed by atoms with Crippen molar-refractivity contribution >= 4 is 5.82 Å². The average Bonchev–Trinajstić information content (AvgIpc) is 3.18. The van der Waals surface area contributed by atoms with Gasteiger partial charge in [0.15, 0.2) is 0 Å². The quantitative estimate of drug-likeness (QED) is 0.561. The molecule has 0 spiro atoms. The number of benzene rings is 1. The Bertz CT molecular complexity index is 939. The summed E-state index contributed by atoms with van der Waals surface area (Å²) in [6.45, 7) is 3.55. The molecular formula is C19H22F3N5O4. The van der Waals surface area contributed by atoms with E-state index in [0.29, 0.717) is 26.1 Å². The van der Waals surface area contributed by atoms with E-state index in [0.717, 1.165) is 12.0 Å². The molecule has 168 valence electrons. The molecule has 3 heterocycles.